The first-order chi connectivity index (χ1) is 13.2. The Hall–Kier alpha value is -3.30. The fourth-order valence-electron chi connectivity index (χ4n) is 2.32. The number of alkyl halides is 3. The Bertz CT molecular complexity index is 997. The van der Waals surface area contributed by atoms with E-state index in [1.807, 2.05) is 0 Å². The first-order valence-electron chi connectivity index (χ1n) is 7.57. The Kier molecular flexibility index (Phi) is 5.12. The second-order valence-electron chi connectivity index (χ2n) is 5.44. The first-order valence-corrected chi connectivity index (χ1v) is 7.57. The van der Waals surface area contributed by atoms with Crippen LogP contribution in [0, 0.1) is 23.3 Å². The third-order valence-corrected chi connectivity index (χ3v) is 3.60. The molecule has 1 aromatic heterocycles. The average molecular weight is 402 g/mol. The molecule has 0 radical (unpaired) electrons. The van der Waals surface area contributed by atoms with Crippen molar-refractivity contribution < 1.29 is 35.2 Å². The Morgan fingerprint density at radius 1 is 0.821 bits per heavy atom. The van der Waals surface area contributed by atoms with Crippen molar-refractivity contribution in [3.63, 3.8) is 0 Å². The zero-order valence-electron chi connectivity index (χ0n) is 13.6. The maximum Gasteiger partial charge on any atom is 0.422 e. The molecule has 10 heteroatoms. The maximum absolute atomic E-state index is 13.7. The van der Waals surface area contributed by atoms with Gasteiger partial charge in [-0.25, -0.2) is 17.6 Å². The lowest BCUT2D eigenvalue weighted by Gasteiger charge is -2.13. The van der Waals surface area contributed by atoms with Crippen molar-refractivity contribution in [1.82, 2.24) is 0 Å². The highest BCUT2D eigenvalue weighted by Gasteiger charge is 2.42. The second-order valence-corrected chi connectivity index (χ2v) is 5.44. The summed E-state index contributed by atoms with van der Waals surface area (Å²) in [5.41, 5.74) is -1.78. The van der Waals surface area contributed by atoms with Gasteiger partial charge in [0.05, 0.1) is 6.21 Å². The number of benzene rings is 2. The lowest BCUT2D eigenvalue weighted by Crippen LogP contribution is -2.16. The zero-order chi connectivity index (χ0) is 20.5. The minimum absolute atomic E-state index is 0.111. The molecule has 0 unspecified atom stereocenters. The molecule has 1 N–H and O–H groups in total. The molecule has 0 fully saturated rings. The Balaban J connectivity index is 1.85. The Morgan fingerprint density at radius 3 is 2.00 bits per heavy atom. The highest BCUT2D eigenvalue weighted by Crippen LogP contribution is 2.38. The van der Waals surface area contributed by atoms with Crippen molar-refractivity contribution in [1.29, 1.82) is 0 Å². The lowest BCUT2D eigenvalue weighted by atomic mass is 10.1. The van der Waals surface area contributed by atoms with Crippen LogP contribution in [0.15, 0.2) is 52.0 Å². The molecule has 3 rings (SSSR count). The van der Waals surface area contributed by atoms with Crippen LogP contribution >= 0.6 is 0 Å². The smallest absolute Gasteiger partial charge is 0.422 e. The van der Waals surface area contributed by atoms with Crippen LogP contribution in [-0.4, -0.2) is 6.21 Å². The molecule has 3 aromatic rings. The van der Waals surface area contributed by atoms with Gasteiger partial charge in [-0.15, -0.1) is 0 Å². The number of anilines is 1. The third-order valence-electron chi connectivity index (χ3n) is 3.60. The highest BCUT2D eigenvalue weighted by molar-refractivity contribution is 5.78. The summed E-state index contributed by atoms with van der Waals surface area (Å²) in [5, 5.41) is 3.35. The number of hydrazone groups is 1. The van der Waals surface area contributed by atoms with Gasteiger partial charge >= 0.3 is 6.18 Å². The van der Waals surface area contributed by atoms with Crippen LogP contribution in [-0.2, 0) is 6.18 Å². The van der Waals surface area contributed by atoms with Crippen molar-refractivity contribution in [2.45, 2.75) is 6.18 Å². The average Bonchev–Trinajstić information content (AvgIpc) is 3.11. The van der Waals surface area contributed by atoms with Crippen molar-refractivity contribution >= 4 is 11.9 Å². The number of hydrogen-bond acceptors (Lipinski definition) is 3. The first kappa shape index (κ1) is 19.5. The van der Waals surface area contributed by atoms with E-state index in [4.69, 9.17) is 4.42 Å². The van der Waals surface area contributed by atoms with Crippen LogP contribution < -0.4 is 5.43 Å². The molecule has 0 spiro atoms. The number of halogens is 7. The predicted molar refractivity (Wildman–Crippen MR) is 86.6 cm³/mol. The van der Waals surface area contributed by atoms with Gasteiger partial charge in [-0.2, -0.15) is 18.3 Å². The number of hydrogen-bond donors (Lipinski definition) is 1. The third kappa shape index (κ3) is 3.71. The molecule has 0 saturated carbocycles. The van der Waals surface area contributed by atoms with Crippen molar-refractivity contribution in [3.05, 3.63) is 77.1 Å². The van der Waals surface area contributed by atoms with Gasteiger partial charge in [-0.1, -0.05) is 30.3 Å². The van der Waals surface area contributed by atoms with Gasteiger partial charge in [-0.3, -0.25) is 5.43 Å². The minimum Gasteiger partial charge on any atom is -0.455 e. The molecule has 146 valence electrons. The predicted octanol–water partition coefficient (Wildman–Crippen LogP) is 5.97. The Labute approximate surface area is 153 Å². The Morgan fingerprint density at radius 2 is 1.43 bits per heavy atom. The van der Waals surface area contributed by atoms with Crippen molar-refractivity contribution in [3.8, 4) is 11.3 Å². The number of nitrogens with zero attached hydrogens (tertiary/aromatic N) is 1. The summed E-state index contributed by atoms with van der Waals surface area (Å²) < 4.78 is 97.6. The standard InChI is InChI=1S/C18H9F7N2O/c19-13-12(18(23,24)25)14(20)16(22)17(15(13)21)27-26-8-10-6-7-11(28-10)9-4-2-1-3-5-9/h1-8,27H/b26-8-. The molecule has 28 heavy (non-hydrogen) atoms. The minimum atomic E-state index is -5.61. The molecular weight excluding hydrogens is 393 g/mol. The molecule has 2 aromatic carbocycles. The summed E-state index contributed by atoms with van der Waals surface area (Å²) in [7, 11) is 0. The van der Waals surface area contributed by atoms with E-state index >= 15 is 0 Å². The summed E-state index contributed by atoms with van der Waals surface area (Å²) in [6, 6.07) is 11.9. The van der Waals surface area contributed by atoms with E-state index in [1.165, 1.54) is 6.07 Å². The SMILES string of the molecule is Fc1c(F)c(C(F)(F)F)c(F)c(F)c1N/N=C\c1ccc(-c2ccccc2)o1. The number of rotatable bonds is 4. The molecule has 0 bridgehead atoms. The van der Waals surface area contributed by atoms with Gasteiger partial charge in [0, 0.05) is 5.56 Å². The normalized spacial score (nSPS) is 12.0. The summed E-state index contributed by atoms with van der Waals surface area (Å²) >= 11 is 0. The number of furan rings is 1. The molecule has 0 aliphatic rings. The van der Waals surface area contributed by atoms with E-state index in [9.17, 15) is 30.7 Å². The van der Waals surface area contributed by atoms with Crippen LogP contribution in [0.1, 0.15) is 11.3 Å². The largest absolute Gasteiger partial charge is 0.455 e. The molecule has 0 saturated heterocycles. The van der Waals surface area contributed by atoms with E-state index in [1.54, 1.807) is 41.8 Å². The molecule has 0 atom stereocenters. The van der Waals surface area contributed by atoms with Crippen LogP contribution in [0.5, 0.6) is 0 Å². The van der Waals surface area contributed by atoms with Crippen LogP contribution in [0.2, 0.25) is 0 Å². The van der Waals surface area contributed by atoms with E-state index in [0.717, 1.165) is 11.8 Å². The maximum atomic E-state index is 13.7. The summed E-state index contributed by atoms with van der Waals surface area (Å²) in [4.78, 5) is 0. The van der Waals surface area contributed by atoms with Crippen molar-refractivity contribution in [2.75, 3.05) is 5.43 Å². The van der Waals surface area contributed by atoms with Crippen LogP contribution in [0.3, 0.4) is 0 Å². The molecular formula is C18H9F7N2O. The van der Waals surface area contributed by atoms with Gasteiger partial charge < -0.3 is 4.42 Å². The van der Waals surface area contributed by atoms with E-state index in [-0.39, 0.29) is 5.76 Å². The molecule has 0 aliphatic heterocycles. The summed E-state index contributed by atoms with van der Waals surface area (Å²) in [5.74, 6) is -9.10. The van der Waals surface area contributed by atoms with Gasteiger partial charge in [0.15, 0.2) is 23.3 Å². The summed E-state index contributed by atoms with van der Waals surface area (Å²) in [6.45, 7) is 0. The highest BCUT2D eigenvalue weighted by atomic mass is 19.4. The van der Waals surface area contributed by atoms with Crippen LogP contribution in [0.25, 0.3) is 11.3 Å². The fourth-order valence-corrected chi connectivity index (χ4v) is 2.32. The van der Waals surface area contributed by atoms with Gasteiger partial charge in [0.1, 0.15) is 22.8 Å². The second kappa shape index (κ2) is 7.37. The molecule has 0 aliphatic carbocycles. The van der Waals surface area contributed by atoms with Gasteiger partial charge in [0.2, 0.25) is 0 Å². The van der Waals surface area contributed by atoms with Crippen LogP contribution in [0.4, 0.5) is 36.4 Å². The molecule has 0 amide bonds. The fraction of sp³-hybridized carbons (Fsp3) is 0.0556. The van der Waals surface area contributed by atoms with Crippen molar-refractivity contribution in [2.24, 2.45) is 5.10 Å². The van der Waals surface area contributed by atoms with E-state index < -0.39 is 40.7 Å². The van der Waals surface area contributed by atoms with E-state index in [0.29, 0.717) is 5.76 Å². The quantitative estimate of drug-likeness (QED) is 0.253. The zero-order valence-corrected chi connectivity index (χ0v) is 13.6. The topological polar surface area (TPSA) is 37.5 Å². The molecule has 3 nitrogen and oxygen atoms in total. The van der Waals surface area contributed by atoms with E-state index in [2.05, 4.69) is 5.10 Å². The number of nitrogens with one attached hydrogen (secondary N) is 1. The molecule has 1 heterocycles. The van der Waals surface area contributed by atoms with Gasteiger partial charge in [0.25, 0.3) is 0 Å². The lowest BCUT2D eigenvalue weighted by molar-refractivity contribution is -0.143. The summed E-state index contributed by atoms with van der Waals surface area (Å²) in [6.07, 6.45) is -4.68. The van der Waals surface area contributed by atoms with Gasteiger partial charge in [-0.05, 0) is 12.1 Å². The monoisotopic (exact) mass is 402 g/mol.